The lowest BCUT2D eigenvalue weighted by Gasteiger charge is -2.09. The largest absolute Gasteiger partial charge is 0.376 e. The summed E-state index contributed by atoms with van der Waals surface area (Å²) in [6, 6.07) is 8.06. The Morgan fingerprint density at radius 2 is 2.29 bits per heavy atom. The van der Waals surface area contributed by atoms with E-state index < -0.39 is 10.8 Å². The first-order valence-electron chi connectivity index (χ1n) is 7.53. The molecule has 7 heteroatoms. The molecule has 1 aromatic rings. The van der Waals surface area contributed by atoms with E-state index in [0.29, 0.717) is 18.7 Å². The number of para-hydroxylation sites is 1. The zero-order valence-corrected chi connectivity index (χ0v) is 13.0. The van der Waals surface area contributed by atoms with Crippen molar-refractivity contribution in [3.05, 3.63) is 57.7 Å². The number of nitro groups is 1. The minimum Gasteiger partial charge on any atom is -0.376 e. The zero-order chi connectivity index (χ0) is 17.4. The van der Waals surface area contributed by atoms with E-state index in [1.54, 1.807) is 18.2 Å². The van der Waals surface area contributed by atoms with Crippen molar-refractivity contribution in [1.29, 1.82) is 5.26 Å². The summed E-state index contributed by atoms with van der Waals surface area (Å²) in [6.07, 6.45) is 6.14. The third-order valence-electron chi connectivity index (χ3n) is 3.55. The first-order chi connectivity index (χ1) is 11.6. The lowest BCUT2D eigenvalue weighted by Crippen LogP contribution is -2.32. The monoisotopic (exact) mass is 327 g/mol. The normalized spacial score (nSPS) is 17.6. The standard InChI is InChI=1S/C17H17N3O4/c18-11-14(17(21)19-12-15-8-4-10-24-15)7-3-6-13-5-1-2-9-16(13)20(22)23/h1-3,5-7,9,15H,4,8,10,12H2,(H,19,21)/b6-3+,14-7+. The van der Waals surface area contributed by atoms with E-state index in [4.69, 9.17) is 10.00 Å². The number of hydrogen-bond donors (Lipinski definition) is 1. The molecule has 2 rings (SSSR count). The predicted molar refractivity (Wildman–Crippen MR) is 87.8 cm³/mol. The van der Waals surface area contributed by atoms with Gasteiger partial charge in [-0.1, -0.05) is 18.2 Å². The Kier molecular flexibility index (Phi) is 6.23. The van der Waals surface area contributed by atoms with Crippen LogP contribution in [0.3, 0.4) is 0 Å². The molecule has 0 aliphatic carbocycles. The fourth-order valence-corrected chi connectivity index (χ4v) is 2.31. The van der Waals surface area contributed by atoms with Crippen molar-refractivity contribution in [1.82, 2.24) is 5.32 Å². The van der Waals surface area contributed by atoms with Gasteiger partial charge in [-0.15, -0.1) is 0 Å². The average Bonchev–Trinajstić information content (AvgIpc) is 3.10. The molecule has 0 saturated carbocycles. The van der Waals surface area contributed by atoms with Crippen molar-refractivity contribution >= 4 is 17.7 Å². The van der Waals surface area contributed by atoms with E-state index >= 15 is 0 Å². The molecule has 1 unspecified atom stereocenters. The van der Waals surface area contributed by atoms with Gasteiger partial charge < -0.3 is 10.1 Å². The van der Waals surface area contributed by atoms with Crippen LogP contribution >= 0.6 is 0 Å². The lowest BCUT2D eigenvalue weighted by atomic mass is 10.1. The molecular formula is C17H17N3O4. The number of hydrogen-bond acceptors (Lipinski definition) is 5. The van der Waals surface area contributed by atoms with Crippen molar-refractivity contribution in [2.45, 2.75) is 18.9 Å². The second kappa shape index (κ2) is 8.60. The first kappa shape index (κ1) is 17.4. The number of allylic oxidation sites excluding steroid dienone is 2. The number of ether oxygens (including phenoxy) is 1. The summed E-state index contributed by atoms with van der Waals surface area (Å²) < 4.78 is 5.40. The van der Waals surface area contributed by atoms with Gasteiger partial charge in [0.25, 0.3) is 11.6 Å². The molecule has 7 nitrogen and oxygen atoms in total. The second-order valence-electron chi connectivity index (χ2n) is 5.21. The highest BCUT2D eigenvalue weighted by Crippen LogP contribution is 2.19. The smallest absolute Gasteiger partial charge is 0.276 e. The number of carbonyl (C=O) groups excluding carboxylic acids is 1. The van der Waals surface area contributed by atoms with Crippen LogP contribution < -0.4 is 5.32 Å². The summed E-state index contributed by atoms with van der Waals surface area (Å²) >= 11 is 0. The molecule has 0 aromatic heterocycles. The van der Waals surface area contributed by atoms with Crippen LogP contribution in [0.2, 0.25) is 0 Å². The molecule has 1 aliphatic heterocycles. The van der Waals surface area contributed by atoms with E-state index in [1.807, 2.05) is 6.07 Å². The van der Waals surface area contributed by atoms with Crippen molar-refractivity contribution < 1.29 is 14.5 Å². The molecule has 1 amide bonds. The lowest BCUT2D eigenvalue weighted by molar-refractivity contribution is -0.385. The van der Waals surface area contributed by atoms with E-state index in [1.165, 1.54) is 24.3 Å². The van der Waals surface area contributed by atoms with E-state index in [-0.39, 0.29) is 17.4 Å². The fourth-order valence-electron chi connectivity index (χ4n) is 2.31. The molecule has 124 valence electrons. The third kappa shape index (κ3) is 4.76. The molecule has 1 N–H and O–H groups in total. The maximum atomic E-state index is 11.9. The minimum absolute atomic E-state index is 0.00333. The Morgan fingerprint density at radius 3 is 2.96 bits per heavy atom. The predicted octanol–water partition coefficient (Wildman–Crippen LogP) is 2.35. The van der Waals surface area contributed by atoms with Gasteiger partial charge in [0.05, 0.1) is 16.6 Å². The molecule has 1 aromatic carbocycles. The Morgan fingerprint density at radius 1 is 1.50 bits per heavy atom. The molecule has 24 heavy (non-hydrogen) atoms. The third-order valence-corrected chi connectivity index (χ3v) is 3.55. The van der Waals surface area contributed by atoms with Gasteiger partial charge >= 0.3 is 0 Å². The van der Waals surface area contributed by atoms with E-state index in [9.17, 15) is 14.9 Å². The topological polar surface area (TPSA) is 105 Å². The van der Waals surface area contributed by atoms with E-state index in [0.717, 1.165) is 12.8 Å². The fraction of sp³-hybridized carbons (Fsp3) is 0.294. The quantitative estimate of drug-likeness (QED) is 0.284. The van der Waals surface area contributed by atoms with Gasteiger partial charge in [-0.25, -0.2) is 0 Å². The number of carbonyl (C=O) groups is 1. The highest BCUT2D eigenvalue weighted by Gasteiger charge is 2.17. The van der Waals surface area contributed by atoms with Crippen molar-refractivity contribution in [2.75, 3.05) is 13.2 Å². The average molecular weight is 327 g/mol. The molecule has 0 radical (unpaired) electrons. The van der Waals surface area contributed by atoms with Gasteiger partial charge in [0, 0.05) is 19.2 Å². The Bertz CT molecular complexity index is 713. The highest BCUT2D eigenvalue weighted by molar-refractivity contribution is 5.97. The van der Waals surface area contributed by atoms with Crippen LogP contribution in [0.1, 0.15) is 18.4 Å². The number of nitrogens with zero attached hydrogens (tertiary/aromatic N) is 2. The highest BCUT2D eigenvalue weighted by atomic mass is 16.6. The molecular weight excluding hydrogens is 310 g/mol. The summed E-state index contributed by atoms with van der Waals surface area (Å²) in [6.45, 7) is 1.06. The van der Waals surface area contributed by atoms with Gasteiger partial charge in [0.2, 0.25) is 0 Å². The molecule has 0 spiro atoms. The summed E-state index contributed by atoms with van der Waals surface area (Å²) in [4.78, 5) is 22.4. The van der Waals surface area contributed by atoms with Crippen molar-refractivity contribution in [3.63, 3.8) is 0 Å². The molecule has 1 atom stereocenters. The van der Waals surface area contributed by atoms with Gasteiger partial charge in [-0.2, -0.15) is 5.26 Å². The number of nitrogens with one attached hydrogen (secondary N) is 1. The maximum absolute atomic E-state index is 11.9. The van der Waals surface area contributed by atoms with Crippen LogP contribution in [0.25, 0.3) is 6.08 Å². The van der Waals surface area contributed by atoms with Crippen LogP contribution in [0.5, 0.6) is 0 Å². The molecule has 1 heterocycles. The summed E-state index contributed by atoms with van der Waals surface area (Å²) in [7, 11) is 0. The van der Waals surface area contributed by atoms with Crippen LogP contribution in [-0.2, 0) is 9.53 Å². The van der Waals surface area contributed by atoms with Crippen LogP contribution in [0, 0.1) is 21.4 Å². The molecule has 1 saturated heterocycles. The van der Waals surface area contributed by atoms with Crippen LogP contribution in [0.4, 0.5) is 5.69 Å². The number of benzene rings is 1. The van der Waals surface area contributed by atoms with E-state index in [2.05, 4.69) is 5.32 Å². The Labute approximate surface area is 139 Å². The summed E-state index contributed by atoms with van der Waals surface area (Å²) in [5.41, 5.74) is 0.294. The summed E-state index contributed by atoms with van der Waals surface area (Å²) in [5.74, 6) is -0.486. The van der Waals surface area contributed by atoms with Gasteiger partial charge in [0.1, 0.15) is 11.6 Å². The zero-order valence-electron chi connectivity index (χ0n) is 13.0. The Balaban J connectivity index is 2.01. The van der Waals surface area contributed by atoms with Gasteiger partial charge in [-0.05, 0) is 31.1 Å². The summed E-state index contributed by atoms with van der Waals surface area (Å²) in [5, 5.41) is 22.7. The van der Waals surface area contributed by atoms with Gasteiger partial charge in [0.15, 0.2) is 0 Å². The number of rotatable bonds is 6. The second-order valence-corrected chi connectivity index (χ2v) is 5.21. The number of amides is 1. The number of nitro benzene ring substituents is 1. The first-order valence-corrected chi connectivity index (χ1v) is 7.53. The molecule has 1 fully saturated rings. The van der Waals surface area contributed by atoms with Crippen LogP contribution in [0.15, 0.2) is 42.0 Å². The maximum Gasteiger partial charge on any atom is 0.276 e. The molecule has 1 aliphatic rings. The number of nitriles is 1. The molecule has 0 bridgehead atoms. The SMILES string of the molecule is N#C/C(=C\C=C\c1ccccc1[N+](=O)[O-])C(=O)NCC1CCCO1. The van der Waals surface area contributed by atoms with Crippen molar-refractivity contribution in [3.8, 4) is 6.07 Å². The van der Waals surface area contributed by atoms with Crippen molar-refractivity contribution in [2.24, 2.45) is 0 Å². The van der Waals surface area contributed by atoms with Crippen LogP contribution in [-0.4, -0.2) is 30.1 Å². The van der Waals surface area contributed by atoms with Gasteiger partial charge in [-0.3, -0.25) is 14.9 Å². The Hall–Kier alpha value is -2.98. The minimum atomic E-state index is -0.486.